The summed E-state index contributed by atoms with van der Waals surface area (Å²) in [7, 11) is 0. The number of rotatable bonds is 5. The number of anilines is 1. The number of nitrogens with zero attached hydrogens (tertiary/aromatic N) is 2. The maximum atomic E-state index is 13.5. The Bertz CT molecular complexity index is 1390. The normalized spacial score (nSPS) is 16.4. The largest absolute Gasteiger partial charge is 0.503 e. The molecule has 9 heteroatoms. The van der Waals surface area contributed by atoms with Gasteiger partial charge in [-0.25, -0.2) is 4.98 Å². The Morgan fingerprint density at radius 1 is 1.19 bits per heavy atom. The summed E-state index contributed by atoms with van der Waals surface area (Å²) < 4.78 is 5.71. The number of furan rings is 1. The summed E-state index contributed by atoms with van der Waals surface area (Å²) in [5.41, 5.74) is 0.951. The molecule has 0 bridgehead atoms. The Balaban J connectivity index is 1.64. The van der Waals surface area contributed by atoms with E-state index >= 15 is 0 Å². The van der Waals surface area contributed by atoms with Gasteiger partial charge in [-0.2, -0.15) is 0 Å². The van der Waals surface area contributed by atoms with Crippen molar-refractivity contribution in [3.05, 3.63) is 80.4 Å². The van der Waals surface area contributed by atoms with E-state index in [0.29, 0.717) is 21.0 Å². The lowest BCUT2D eigenvalue weighted by atomic mass is 10.0. The van der Waals surface area contributed by atoms with Crippen LogP contribution in [0.4, 0.5) is 5.13 Å². The molecule has 0 aliphatic carbocycles. The number of Topliss-reactive ketones (excluding diaryl/α,β-unsaturated/α-hetero) is 2. The molecular weight excluding hydrogens is 448 g/mol. The fourth-order valence-electron chi connectivity index (χ4n) is 3.79. The number of thiazole rings is 1. The average molecular weight is 465 g/mol. The molecule has 0 fully saturated rings. The number of aliphatic hydroxyl groups is 1. The number of carbonyl (C=O) groups is 3. The molecule has 1 aliphatic rings. The second-order valence-corrected chi connectivity index (χ2v) is 9.26. The zero-order chi connectivity index (χ0) is 22.6. The van der Waals surface area contributed by atoms with Crippen LogP contribution in [0, 0.1) is 6.92 Å². The predicted octanol–water partition coefficient (Wildman–Crippen LogP) is 5.24. The number of hydrogen-bond acceptors (Lipinski definition) is 8. The Morgan fingerprint density at radius 2 is 1.97 bits per heavy atom. The van der Waals surface area contributed by atoms with Crippen LogP contribution in [-0.4, -0.2) is 27.6 Å². The maximum absolute atomic E-state index is 13.5. The number of aromatic nitrogens is 1. The fraction of sp³-hybridized carbons (Fsp3) is 0.130. The van der Waals surface area contributed by atoms with Gasteiger partial charge in [-0.05, 0) is 30.5 Å². The van der Waals surface area contributed by atoms with Crippen LogP contribution in [0.3, 0.4) is 0 Å². The molecule has 1 N–H and O–H groups in total. The molecule has 160 valence electrons. The van der Waals surface area contributed by atoms with E-state index in [1.165, 1.54) is 23.2 Å². The van der Waals surface area contributed by atoms with Gasteiger partial charge in [0.2, 0.25) is 5.78 Å². The van der Waals surface area contributed by atoms with E-state index in [-0.39, 0.29) is 22.2 Å². The summed E-state index contributed by atoms with van der Waals surface area (Å²) in [5, 5.41) is 13.6. The number of benzene rings is 1. The molecule has 1 atom stereocenters. The molecule has 1 aliphatic heterocycles. The predicted molar refractivity (Wildman–Crippen MR) is 122 cm³/mol. The Kier molecular flexibility index (Phi) is 4.79. The number of fused-ring (bicyclic) bond motifs is 1. The minimum Gasteiger partial charge on any atom is -0.503 e. The second-order valence-electron chi connectivity index (χ2n) is 7.30. The summed E-state index contributed by atoms with van der Waals surface area (Å²) in [6.07, 6.45) is 0. The molecule has 7 nitrogen and oxygen atoms in total. The van der Waals surface area contributed by atoms with Gasteiger partial charge in [-0.1, -0.05) is 35.6 Å². The molecule has 4 heterocycles. The molecule has 0 unspecified atom stereocenters. The molecule has 1 aromatic carbocycles. The fourth-order valence-corrected chi connectivity index (χ4v) is 5.60. The minimum atomic E-state index is -0.881. The number of carbonyl (C=O) groups excluding carboxylic acids is 3. The summed E-state index contributed by atoms with van der Waals surface area (Å²) in [6, 6.07) is 11.5. The van der Waals surface area contributed by atoms with Gasteiger partial charge in [0, 0.05) is 17.2 Å². The van der Waals surface area contributed by atoms with Crippen molar-refractivity contribution in [3.63, 3.8) is 0 Å². The summed E-state index contributed by atoms with van der Waals surface area (Å²) in [5.74, 6) is -2.10. The van der Waals surface area contributed by atoms with Crippen LogP contribution in [0.5, 0.6) is 0 Å². The quantitative estimate of drug-likeness (QED) is 0.405. The van der Waals surface area contributed by atoms with Crippen molar-refractivity contribution in [3.8, 4) is 0 Å². The lowest BCUT2D eigenvalue weighted by molar-refractivity contribution is -0.117. The van der Waals surface area contributed by atoms with Crippen LogP contribution in [0.1, 0.15) is 43.8 Å². The molecule has 4 aromatic rings. The highest BCUT2D eigenvalue weighted by Gasteiger charge is 2.47. The second kappa shape index (κ2) is 7.54. The van der Waals surface area contributed by atoms with Crippen LogP contribution < -0.4 is 4.90 Å². The third-order valence-electron chi connectivity index (χ3n) is 5.23. The van der Waals surface area contributed by atoms with E-state index in [4.69, 9.17) is 4.42 Å². The molecular formula is C23H16N2O5S2. The van der Waals surface area contributed by atoms with Crippen molar-refractivity contribution in [2.75, 3.05) is 4.90 Å². The zero-order valence-corrected chi connectivity index (χ0v) is 18.6. The molecule has 3 aromatic heterocycles. The molecule has 32 heavy (non-hydrogen) atoms. The van der Waals surface area contributed by atoms with E-state index in [0.717, 1.165) is 16.7 Å². The lowest BCUT2D eigenvalue weighted by Gasteiger charge is -2.22. The van der Waals surface area contributed by atoms with E-state index in [1.807, 2.05) is 17.5 Å². The van der Waals surface area contributed by atoms with Crippen LogP contribution in [0.25, 0.3) is 11.0 Å². The first-order chi connectivity index (χ1) is 15.4. The highest BCUT2D eigenvalue weighted by molar-refractivity contribution is 7.18. The van der Waals surface area contributed by atoms with E-state index in [1.54, 1.807) is 37.3 Å². The number of para-hydroxylation sites is 1. The van der Waals surface area contributed by atoms with Crippen LogP contribution in [-0.2, 0) is 4.79 Å². The number of aliphatic hydroxyl groups excluding tert-OH is 1. The lowest BCUT2D eigenvalue weighted by Crippen LogP contribution is -2.30. The van der Waals surface area contributed by atoms with Gasteiger partial charge in [0.15, 0.2) is 22.4 Å². The van der Waals surface area contributed by atoms with Crippen LogP contribution in [0.2, 0.25) is 0 Å². The number of thiophene rings is 1. The maximum Gasteiger partial charge on any atom is 0.296 e. The molecule has 0 saturated carbocycles. The topological polar surface area (TPSA) is 101 Å². The average Bonchev–Trinajstić information content (AvgIpc) is 3.54. The zero-order valence-electron chi connectivity index (χ0n) is 17.0. The summed E-state index contributed by atoms with van der Waals surface area (Å²) >= 11 is 2.41. The SMILES string of the molecule is CC(=O)c1sc(N2C(=O)C(O)=C(C(=O)c3cc4ccccc4o3)[C@H]2c2cccs2)nc1C. The van der Waals surface area contributed by atoms with Gasteiger partial charge < -0.3 is 9.52 Å². The third kappa shape index (κ3) is 3.09. The van der Waals surface area contributed by atoms with Crippen molar-refractivity contribution in [1.29, 1.82) is 0 Å². The van der Waals surface area contributed by atoms with Crippen molar-refractivity contribution in [1.82, 2.24) is 4.98 Å². The van der Waals surface area contributed by atoms with Gasteiger partial charge in [0.1, 0.15) is 11.6 Å². The standard InChI is InChI=1S/C23H16N2O5S2/c1-11-21(12(2)26)32-23(24-11)25-18(16-8-5-9-31-16)17(20(28)22(25)29)19(27)15-10-13-6-3-4-7-14(13)30-15/h3-10,18,28H,1-2H3/t18-/m1/s1. The first kappa shape index (κ1) is 20.3. The Hall–Kier alpha value is -3.56. The summed E-state index contributed by atoms with van der Waals surface area (Å²) in [4.78, 5) is 45.3. The highest BCUT2D eigenvalue weighted by Crippen LogP contribution is 2.45. The summed E-state index contributed by atoms with van der Waals surface area (Å²) in [6.45, 7) is 3.12. The van der Waals surface area contributed by atoms with Gasteiger partial charge in [0.25, 0.3) is 5.91 Å². The smallest absolute Gasteiger partial charge is 0.296 e. The van der Waals surface area contributed by atoms with Gasteiger partial charge in [-0.15, -0.1) is 11.3 Å². The van der Waals surface area contributed by atoms with Gasteiger partial charge in [0.05, 0.1) is 16.1 Å². The van der Waals surface area contributed by atoms with E-state index < -0.39 is 23.5 Å². The third-order valence-corrected chi connectivity index (χ3v) is 7.41. The van der Waals surface area contributed by atoms with E-state index in [2.05, 4.69) is 4.98 Å². The van der Waals surface area contributed by atoms with Crippen molar-refractivity contribution < 1.29 is 23.9 Å². The molecule has 1 amide bonds. The number of aryl methyl sites for hydroxylation is 1. The Labute approximate surface area is 190 Å². The monoisotopic (exact) mass is 464 g/mol. The molecule has 5 rings (SSSR count). The molecule has 0 saturated heterocycles. The first-order valence-corrected chi connectivity index (χ1v) is 11.4. The first-order valence-electron chi connectivity index (χ1n) is 9.68. The molecule has 0 radical (unpaired) electrons. The van der Waals surface area contributed by atoms with Gasteiger partial charge >= 0.3 is 0 Å². The van der Waals surface area contributed by atoms with Crippen molar-refractivity contribution in [2.45, 2.75) is 19.9 Å². The Morgan fingerprint density at radius 3 is 2.62 bits per heavy atom. The highest BCUT2D eigenvalue weighted by atomic mass is 32.1. The number of amides is 1. The number of ketones is 2. The molecule has 0 spiro atoms. The van der Waals surface area contributed by atoms with E-state index in [9.17, 15) is 19.5 Å². The minimum absolute atomic E-state index is 0.0312. The van der Waals surface area contributed by atoms with Crippen molar-refractivity contribution in [2.24, 2.45) is 0 Å². The van der Waals surface area contributed by atoms with Crippen LogP contribution >= 0.6 is 22.7 Å². The number of hydrogen-bond donors (Lipinski definition) is 1. The van der Waals surface area contributed by atoms with Crippen LogP contribution in [0.15, 0.2) is 63.6 Å². The van der Waals surface area contributed by atoms with Crippen molar-refractivity contribution >= 4 is 56.2 Å². The van der Waals surface area contributed by atoms with Gasteiger partial charge in [-0.3, -0.25) is 19.3 Å².